The summed E-state index contributed by atoms with van der Waals surface area (Å²) < 4.78 is 0. The van der Waals surface area contributed by atoms with Crippen LogP contribution >= 0.6 is 0 Å². The molecule has 3 aromatic rings. The van der Waals surface area contributed by atoms with Crippen LogP contribution in [0.25, 0.3) is 22.0 Å². The molecule has 0 bridgehead atoms. The van der Waals surface area contributed by atoms with E-state index < -0.39 is 0 Å². The van der Waals surface area contributed by atoms with Crippen molar-refractivity contribution < 1.29 is 0 Å². The molecule has 0 aliphatic rings. The normalized spacial score (nSPS) is 10.8. The van der Waals surface area contributed by atoms with Gasteiger partial charge in [0.25, 0.3) is 0 Å². The lowest BCUT2D eigenvalue weighted by atomic mass is 9.99. The van der Waals surface area contributed by atoms with Gasteiger partial charge in [0, 0.05) is 11.6 Å². The summed E-state index contributed by atoms with van der Waals surface area (Å²) >= 11 is 0. The Labute approximate surface area is 120 Å². The predicted octanol–water partition coefficient (Wildman–Crippen LogP) is 5.24. The number of pyridine rings is 1. The molecule has 0 aliphatic carbocycles. The zero-order valence-electron chi connectivity index (χ0n) is 11.8. The summed E-state index contributed by atoms with van der Waals surface area (Å²) in [6.45, 7) is 2.23. The lowest BCUT2D eigenvalue weighted by molar-refractivity contribution is 0.795. The first kappa shape index (κ1) is 12.9. The van der Waals surface area contributed by atoms with Crippen LogP contribution in [-0.4, -0.2) is 4.98 Å². The van der Waals surface area contributed by atoms with Crippen LogP contribution < -0.4 is 0 Å². The highest BCUT2D eigenvalue weighted by Gasteiger charge is 2.04. The number of aromatic nitrogens is 1. The van der Waals surface area contributed by atoms with Gasteiger partial charge in [0.05, 0.1) is 5.52 Å². The van der Waals surface area contributed by atoms with Crippen LogP contribution in [0, 0.1) is 0 Å². The molecule has 0 unspecified atom stereocenters. The van der Waals surface area contributed by atoms with Gasteiger partial charge in [-0.25, -0.2) is 0 Å². The second-order valence-electron chi connectivity index (χ2n) is 5.18. The fourth-order valence-electron chi connectivity index (χ4n) is 2.58. The van der Waals surface area contributed by atoms with Crippen molar-refractivity contribution in [2.24, 2.45) is 0 Å². The second-order valence-corrected chi connectivity index (χ2v) is 5.18. The largest absolute Gasteiger partial charge is 0.256 e. The van der Waals surface area contributed by atoms with E-state index in [0.29, 0.717) is 0 Å². The van der Waals surface area contributed by atoms with Crippen LogP contribution in [0.2, 0.25) is 0 Å². The van der Waals surface area contributed by atoms with Gasteiger partial charge in [-0.05, 0) is 41.7 Å². The monoisotopic (exact) mass is 261 g/mol. The van der Waals surface area contributed by atoms with E-state index in [4.69, 9.17) is 0 Å². The van der Waals surface area contributed by atoms with Gasteiger partial charge in [-0.15, -0.1) is 0 Å². The number of hydrogen-bond donors (Lipinski definition) is 0. The lowest BCUT2D eigenvalue weighted by Crippen LogP contribution is -1.87. The van der Waals surface area contributed by atoms with Crippen molar-refractivity contribution in [3.8, 4) is 11.1 Å². The standard InChI is InChI=1S/C19H19N/c1-2-3-6-15-9-11-16(12-10-15)17-13-14-20-19-8-5-4-7-18(17)19/h4-5,7-14H,2-3,6H2,1H3. The zero-order chi connectivity index (χ0) is 13.8. The van der Waals surface area contributed by atoms with Gasteiger partial charge in [0.2, 0.25) is 0 Å². The summed E-state index contributed by atoms with van der Waals surface area (Å²) in [6, 6.07) is 19.4. The molecule has 0 amide bonds. The Morgan fingerprint density at radius 3 is 2.50 bits per heavy atom. The van der Waals surface area contributed by atoms with Gasteiger partial charge in [-0.1, -0.05) is 55.8 Å². The van der Waals surface area contributed by atoms with Gasteiger partial charge in [-0.3, -0.25) is 4.98 Å². The third-order valence-corrected chi connectivity index (χ3v) is 3.73. The van der Waals surface area contributed by atoms with Gasteiger partial charge < -0.3 is 0 Å². The summed E-state index contributed by atoms with van der Waals surface area (Å²) in [4.78, 5) is 4.43. The topological polar surface area (TPSA) is 12.9 Å². The van der Waals surface area contributed by atoms with E-state index in [9.17, 15) is 0 Å². The summed E-state index contributed by atoms with van der Waals surface area (Å²) in [6.07, 6.45) is 5.57. The molecule has 2 aromatic carbocycles. The maximum atomic E-state index is 4.43. The average molecular weight is 261 g/mol. The van der Waals surface area contributed by atoms with E-state index in [1.165, 1.54) is 41.3 Å². The molecule has 0 spiro atoms. The summed E-state index contributed by atoms with van der Waals surface area (Å²) in [5.74, 6) is 0. The average Bonchev–Trinajstić information content (AvgIpc) is 2.53. The van der Waals surface area contributed by atoms with Gasteiger partial charge in [0.1, 0.15) is 0 Å². The third-order valence-electron chi connectivity index (χ3n) is 3.73. The molecule has 100 valence electrons. The fraction of sp³-hybridized carbons (Fsp3) is 0.211. The van der Waals surface area contributed by atoms with Crippen molar-refractivity contribution in [2.45, 2.75) is 26.2 Å². The van der Waals surface area contributed by atoms with Crippen LogP contribution in [0.5, 0.6) is 0 Å². The van der Waals surface area contributed by atoms with Crippen molar-refractivity contribution in [2.75, 3.05) is 0 Å². The van der Waals surface area contributed by atoms with E-state index in [1.54, 1.807) is 0 Å². The van der Waals surface area contributed by atoms with Crippen LogP contribution in [0.15, 0.2) is 60.8 Å². The van der Waals surface area contributed by atoms with Crippen molar-refractivity contribution in [3.05, 3.63) is 66.4 Å². The van der Waals surface area contributed by atoms with Crippen molar-refractivity contribution in [3.63, 3.8) is 0 Å². The van der Waals surface area contributed by atoms with Crippen LogP contribution in [0.4, 0.5) is 0 Å². The molecule has 1 aromatic heterocycles. The summed E-state index contributed by atoms with van der Waals surface area (Å²) in [5, 5.41) is 1.22. The minimum atomic E-state index is 1.06. The minimum Gasteiger partial charge on any atom is -0.256 e. The number of rotatable bonds is 4. The first-order valence-corrected chi connectivity index (χ1v) is 7.31. The van der Waals surface area contributed by atoms with Crippen molar-refractivity contribution in [1.29, 1.82) is 0 Å². The van der Waals surface area contributed by atoms with E-state index in [0.717, 1.165) is 5.52 Å². The molecule has 1 heterocycles. The van der Waals surface area contributed by atoms with Crippen molar-refractivity contribution in [1.82, 2.24) is 4.98 Å². The molecule has 0 aliphatic heterocycles. The molecule has 0 N–H and O–H groups in total. The Morgan fingerprint density at radius 2 is 1.70 bits per heavy atom. The maximum absolute atomic E-state index is 4.43. The molecule has 20 heavy (non-hydrogen) atoms. The Bertz CT molecular complexity index is 693. The van der Waals surface area contributed by atoms with Gasteiger partial charge in [0.15, 0.2) is 0 Å². The highest BCUT2D eigenvalue weighted by molar-refractivity contribution is 5.94. The van der Waals surface area contributed by atoms with Crippen LogP contribution in [0.3, 0.4) is 0 Å². The Balaban J connectivity index is 1.98. The third kappa shape index (κ3) is 2.57. The summed E-state index contributed by atoms with van der Waals surface area (Å²) in [7, 11) is 0. The highest BCUT2D eigenvalue weighted by Crippen LogP contribution is 2.27. The van der Waals surface area contributed by atoms with Gasteiger partial charge in [-0.2, -0.15) is 0 Å². The minimum absolute atomic E-state index is 1.06. The lowest BCUT2D eigenvalue weighted by Gasteiger charge is -2.07. The number of para-hydroxylation sites is 1. The number of nitrogens with zero attached hydrogens (tertiary/aromatic N) is 1. The SMILES string of the molecule is CCCCc1ccc(-c2ccnc3ccccc23)cc1. The zero-order valence-corrected chi connectivity index (χ0v) is 11.8. The number of fused-ring (bicyclic) bond motifs is 1. The maximum Gasteiger partial charge on any atom is 0.0708 e. The van der Waals surface area contributed by atoms with Crippen molar-refractivity contribution >= 4 is 10.9 Å². The Kier molecular flexibility index (Phi) is 3.78. The predicted molar refractivity (Wildman–Crippen MR) is 85.8 cm³/mol. The van der Waals surface area contributed by atoms with Crippen LogP contribution in [-0.2, 0) is 6.42 Å². The smallest absolute Gasteiger partial charge is 0.0708 e. The van der Waals surface area contributed by atoms with Crippen LogP contribution in [0.1, 0.15) is 25.3 Å². The molecule has 3 rings (SSSR count). The first-order chi connectivity index (χ1) is 9.88. The van der Waals surface area contributed by atoms with E-state index in [1.807, 2.05) is 12.3 Å². The number of benzene rings is 2. The molecule has 0 radical (unpaired) electrons. The summed E-state index contributed by atoms with van der Waals surface area (Å²) in [5.41, 5.74) is 5.01. The highest BCUT2D eigenvalue weighted by atomic mass is 14.6. The molecule has 1 nitrogen and oxygen atoms in total. The number of hydrogen-bond acceptors (Lipinski definition) is 1. The van der Waals surface area contributed by atoms with E-state index >= 15 is 0 Å². The molecular weight excluding hydrogens is 242 g/mol. The number of aryl methyl sites for hydroxylation is 1. The van der Waals surface area contributed by atoms with Gasteiger partial charge >= 0.3 is 0 Å². The molecule has 0 saturated heterocycles. The first-order valence-electron chi connectivity index (χ1n) is 7.31. The fourth-order valence-corrected chi connectivity index (χ4v) is 2.58. The number of unbranched alkanes of at least 4 members (excludes halogenated alkanes) is 1. The second kappa shape index (κ2) is 5.87. The molecular formula is C19H19N. The molecule has 1 heteroatoms. The molecule has 0 fully saturated rings. The molecule has 0 saturated carbocycles. The quantitative estimate of drug-likeness (QED) is 0.625. The Hall–Kier alpha value is -2.15. The van der Waals surface area contributed by atoms with E-state index in [-0.39, 0.29) is 0 Å². The van der Waals surface area contributed by atoms with E-state index in [2.05, 4.69) is 60.4 Å². The molecule has 0 atom stereocenters. The Morgan fingerprint density at radius 1 is 0.900 bits per heavy atom.